The molecule has 0 amide bonds. The molecule has 0 saturated heterocycles. The van der Waals surface area contributed by atoms with Crippen LogP contribution >= 0.6 is 9.39 Å². The van der Waals surface area contributed by atoms with Crippen molar-refractivity contribution in [1.82, 2.24) is 5.09 Å². The second-order valence-electron chi connectivity index (χ2n) is 3.22. The predicted molar refractivity (Wildman–Crippen MR) is 63.0 cm³/mol. The normalized spacial score (nSPS) is 19.9. The molecule has 0 rings (SSSR count). The summed E-state index contributed by atoms with van der Waals surface area (Å²) in [7, 11) is 10.4. The Morgan fingerprint density at radius 2 is 2.12 bits per heavy atom. The van der Waals surface area contributed by atoms with Crippen LogP contribution in [0.4, 0.5) is 0 Å². The van der Waals surface area contributed by atoms with Crippen LogP contribution in [0.15, 0.2) is 0 Å². The van der Waals surface area contributed by atoms with Crippen LogP contribution in [-0.2, 0) is 14.1 Å². The first-order chi connectivity index (χ1) is 8.15. The van der Waals surface area contributed by atoms with E-state index in [9.17, 15) is 5.11 Å². The highest BCUT2D eigenvalue weighted by molar-refractivity contribution is 7.13. The molecule has 2 radical (unpaired) electrons. The van der Waals surface area contributed by atoms with Crippen molar-refractivity contribution in [3.05, 3.63) is 0 Å². The molecule has 0 aliphatic carbocycles. The van der Waals surface area contributed by atoms with Crippen LogP contribution in [0.25, 0.3) is 0 Å². The minimum Gasteiger partial charge on any atom is -0.440 e. The second-order valence-corrected chi connectivity index (χ2v) is 3.63. The Kier molecular flexibility index (Phi) is 8.32. The van der Waals surface area contributed by atoms with Gasteiger partial charge < -0.3 is 24.3 Å². The summed E-state index contributed by atoms with van der Waals surface area (Å²) < 4.78 is 21.7. The molecule has 0 aromatic heterocycles. The van der Waals surface area contributed by atoms with Gasteiger partial charge in [0.15, 0.2) is 0 Å². The molecule has 0 fully saturated rings. The molecule has 0 spiro atoms. The minimum absolute atomic E-state index is 0.205. The maximum Gasteiger partial charge on any atom is 0.283 e. The van der Waals surface area contributed by atoms with Crippen molar-refractivity contribution < 1.29 is 24.3 Å². The van der Waals surface area contributed by atoms with Crippen molar-refractivity contribution in [3.63, 3.8) is 0 Å². The molecule has 0 aromatic rings. The van der Waals surface area contributed by atoms with Crippen molar-refractivity contribution >= 4 is 17.4 Å². The van der Waals surface area contributed by atoms with Gasteiger partial charge >= 0.3 is 0 Å². The van der Waals surface area contributed by atoms with Gasteiger partial charge in [-0.05, 0) is 0 Å². The van der Waals surface area contributed by atoms with Crippen molar-refractivity contribution in [1.29, 1.82) is 1.43 Å². The summed E-state index contributed by atoms with van der Waals surface area (Å²) in [5, 5.41) is 16.7. The van der Waals surface area contributed by atoms with Crippen LogP contribution in [0, 0.1) is 0 Å². The number of hydrogen-bond donors (Lipinski definition) is 3. The lowest BCUT2D eigenvalue weighted by Gasteiger charge is -2.33. The van der Waals surface area contributed by atoms with E-state index in [-0.39, 0.29) is 6.61 Å². The second kappa shape index (κ2) is 9.30. The summed E-state index contributed by atoms with van der Waals surface area (Å²) in [6.45, 7) is 0.237. The van der Waals surface area contributed by atoms with Crippen LogP contribution in [0.5, 0.6) is 0 Å². The highest BCUT2D eigenvalue weighted by atomic mass is 31.0. The topological polar surface area (TPSA) is 80.2 Å². The summed E-state index contributed by atoms with van der Waals surface area (Å²) in [4.78, 5) is 0. The van der Waals surface area contributed by atoms with Crippen LogP contribution < -0.4 is 5.09 Å². The van der Waals surface area contributed by atoms with Crippen LogP contribution in [0.2, 0.25) is 0 Å². The molecule has 0 aliphatic heterocycles. The summed E-state index contributed by atoms with van der Waals surface area (Å²) in [5.41, 5.74) is 0. The fourth-order valence-electron chi connectivity index (χ4n) is 1.43. The molecule has 1 unspecified atom stereocenters. The van der Waals surface area contributed by atoms with Gasteiger partial charge in [0.1, 0.15) is 12.2 Å². The Morgan fingerprint density at radius 3 is 2.50 bits per heavy atom. The Hall–Kier alpha value is 0.255. The molecule has 0 aromatic carbocycles. The SMILES string of the molecule is [2H]OC[C@@H](O)[C@@H](OC)[C@H](O[B])[C@H](CNP)OC. The number of nitrogens with one attached hydrogen (secondary N) is 1. The van der Waals surface area contributed by atoms with Crippen LogP contribution in [-0.4, -0.2) is 71.5 Å². The minimum atomic E-state index is -1.03. The number of aliphatic hydroxyl groups excluding tert-OH is 2. The first kappa shape index (κ1) is 14.3. The van der Waals surface area contributed by atoms with Crippen molar-refractivity contribution in [2.75, 3.05) is 27.4 Å². The van der Waals surface area contributed by atoms with E-state index in [1.54, 1.807) is 0 Å². The molecule has 5 atom stereocenters. The third-order valence-electron chi connectivity index (χ3n) is 2.29. The number of methoxy groups -OCH3 is 2. The van der Waals surface area contributed by atoms with Gasteiger partial charge in [0.05, 0.1) is 18.8 Å². The van der Waals surface area contributed by atoms with Crippen LogP contribution in [0.3, 0.4) is 0 Å². The zero-order chi connectivity index (χ0) is 13.3. The quantitative estimate of drug-likeness (QED) is 0.315. The van der Waals surface area contributed by atoms with Gasteiger partial charge in [-0.2, -0.15) is 0 Å². The Bertz CT molecular complexity index is 195. The zero-order valence-corrected chi connectivity index (χ0v) is 10.6. The van der Waals surface area contributed by atoms with E-state index in [4.69, 9.17) is 23.6 Å². The molecular weight excluding hydrogens is 232 g/mol. The Labute approximate surface area is 101 Å². The third kappa shape index (κ3) is 4.63. The van der Waals surface area contributed by atoms with Gasteiger partial charge in [-0.25, -0.2) is 0 Å². The van der Waals surface area contributed by atoms with Crippen molar-refractivity contribution in [2.45, 2.75) is 24.4 Å². The van der Waals surface area contributed by atoms with E-state index in [1.807, 2.05) is 0 Å². The number of aliphatic hydroxyl groups is 2. The van der Waals surface area contributed by atoms with Crippen LogP contribution in [0.1, 0.15) is 0 Å². The molecule has 0 saturated carbocycles. The molecule has 3 N–H and O–H groups in total. The number of ether oxygens (including phenoxy) is 2. The van der Waals surface area contributed by atoms with Gasteiger partial charge in [-0.1, -0.05) is 9.39 Å². The third-order valence-corrected chi connectivity index (χ3v) is 2.53. The molecule has 94 valence electrons. The lowest BCUT2D eigenvalue weighted by Crippen LogP contribution is -2.51. The number of rotatable bonds is 10. The molecule has 0 aliphatic rings. The van der Waals surface area contributed by atoms with E-state index in [2.05, 4.69) is 19.6 Å². The van der Waals surface area contributed by atoms with Crippen molar-refractivity contribution in [3.8, 4) is 0 Å². The zero-order valence-electron chi connectivity index (χ0n) is 10.5. The standard InChI is InChI=1S/C8H19BNO5P/c1-13-6(3-10-16)8(15-9)7(14-2)5(12)4-11/h5-8,10-12H,3-4,16H2,1-2H3/t5-,6+,7-,8-/m1/s1/i11D. The van der Waals surface area contributed by atoms with Gasteiger partial charge in [-0.3, -0.25) is 5.09 Å². The fraction of sp³-hybridized carbons (Fsp3) is 1.00. The summed E-state index contributed by atoms with van der Waals surface area (Å²) in [6, 6.07) is 0. The van der Waals surface area contributed by atoms with Gasteiger partial charge in [0, 0.05) is 20.8 Å². The smallest absolute Gasteiger partial charge is 0.283 e. The summed E-state index contributed by atoms with van der Waals surface area (Å²) in [6.07, 6.45) is -2.90. The highest BCUT2D eigenvalue weighted by Crippen LogP contribution is 2.13. The fourth-order valence-corrected chi connectivity index (χ4v) is 1.66. The molecule has 0 bridgehead atoms. The molecular formula is C8H19BNO5P. The molecule has 6 nitrogen and oxygen atoms in total. The van der Waals surface area contributed by atoms with E-state index >= 15 is 0 Å². The maximum atomic E-state index is 9.74. The highest BCUT2D eigenvalue weighted by Gasteiger charge is 2.33. The molecule has 16 heavy (non-hydrogen) atoms. The molecule has 0 heterocycles. The van der Waals surface area contributed by atoms with Crippen molar-refractivity contribution in [2.24, 2.45) is 0 Å². The van der Waals surface area contributed by atoms with Gasteiger partial charge in [0.2, 0.25) is 1.43 Å². The average molecular weight is 252 g/mol. The first-order valence-corrected chi connectivity index (χ1v) is 5.34. The van der Waals surface area contributed by atoms with E-state index in [0.717, 1.165) is 0 Å². The number of hydrogen-bond acceptors (Lipinski definition) is 6. The Morgan fingerprint density at radius 1 is 1.44 bits per heavy atom. The monoisotopic (exact) mass is 252 g/mol. The lowest BCUT2D eigenvalue weighted by atomic mass is 10.0. The van der Waals surface area contributed by atoms with E-state index < -0.39 is 24.4 Å². The summed E-state index contributed by atoms with van der Waals surface area (Å²) >= 11 is 0. The summed E-state index contributed by atoms with van der Waals surface area (Å²) in [5.74, 6) is 0. The predicted octanol–water partition coefficient (Wildman–Crippen LogP) is -1.78. The molecule has 8 heteroatoms. The lowest BCUT2D eigenvalue weighted by molar-refractivity contribution is -0.124. The van der Waals surface area contributed by atoms with Gasteiger partial charge in [-0.15, -0.1) is 0 Å². The first-order valence-electron chi connectivity index (χ1n) is 5.17. The Balaban J connectivity index is 4.64. The van der Waals surface area contributed by atoms with E-state index in [0.29, 0.717) is 6.54 Å². The maximum absolute atomic E-state index is 9.74. The largest absolute Gasteiger partial charge is 0.440 e. The average Bonchev–Trinajstić information content (AvgIpc) is 2.33. The van der Waals surface area contributed by atoms with E-state index in [1.165, 1.54) is 14.2 Å². The van der Waals surface area contributed by atoms with Gasteiger partial charge in [0.25, 0.3) is 8.05 Å².